The topological polar surface area (TPSA) is 73.5 Å². The highest BCUT2D eigenvalue weighted by Gasteiger charge is 2.18. The zero-order valence-corrected chi connectivity index (χ0v) is 14.1. The van der Waals surface area contributed by atoms with Gasteiger partial charge in [-0.05, 0) is 51.2 Å². The van der Waals surface area contributed by atoms with Crippen LogP contribution >= 0.6 is 0 Å². The number of benzene rings is 1. The van der Waals surface area contributed by atoms with Gasteiger partial charge in [0.15, 0.2) is 0 Å². The van der Waals surface area contributed by atoms with Gasteiger partial charge < -0.3 is 20.9 Å². The maximum absolute atomic E-state index is 12.1. The summed E-state index contributed by atoms with van der Waals surface area (Å²) in [6, 6.07) is 7.19. The Morgan fingerprint density at radius 2 is 1.74 bits per heavy atom. The van der Waals surface area contributed by atoms with Crippen molar-refractivity contribution < 1.29 is 9.59 Å². The van der Waals surface area contributed by atoms with Crippen LogP contribution in [-0.2, 0) is 4.79 Å². The SMILES string of the molecule is CC(C)C(=O)Nc1cccc(NC(=O)NC2CCN(C)CC2)c1. The Labute approximate surface area is 137 Å². The minimum absolute atomic E-state index is 0.0436. The molecule has 6 nitrogen and oxygen atoms in total. The highest BCUT2D eigenvalue weighted by Crippen LogP contribution is 2.16. The number of nitrogens with one attached hydrogen (secondary N) is 3. The van der Waals surface area contributed by atoms with Gasteiger partial charge in [-0.3, -0.25) is 4.79 Å². The minimum atomic E-state index is -0.202. The van der Waals surface area contributed by atoms with Gasteiger partial charge in [0, 0.05) is 23.3 Å². The molecule has 3 amide bonds. The predicted octanol–water partition coefficient (Wildman–Crippen LogP) is 2.50. The first-order chi connectivity index (χ1) is 10.9. The van der Waals surface area contributed by atoms with Gasteiger partial charge in [-0.2, -0.15) is 0 Å². The number of carbonyl (C=O) groups is 2. The van der Waals surface area contributed by atoms with Crippen molar-refractivity contribution >= 4 is 23.3 Å². The van der Waals surface area contributed by atoms with Crippen molar-refractivity contribution in [2.75, 3.05) is 30.8 Å². The summed E-state index contributed by atoms with van der Waals surface area (Å²) >= 11 is 0. The Morgan fingerprint density at radius 1 is 1.13 bits per heavy atom. The molecule has 0 aromatic heterocycles. The van der Waals surface area contributed by atoms with Gasteiger partial charge in [-0.1, -0.05) is 19.9 Å². The molecule has 3 N–H and O–H groups in total. The summed E-state index contributed by atoms with van der Waals surface area (Å²) < 4.78 is 0. The molecule has 126 valence electrons. The van der Waals surface area contributed by atoms with E-state index in [0.29, 0.717) is 11.4 Å². The molecule has 0 aliphatic carbocycles. The van der Waals surface area contributed by atoms with Crippen LogP contribution in [0.15, 0.2) is 24.3 Å². The second-order valence-electron chi connectivity index (χ2n) is 6.40. The normalized spacial score (nSPS) is 16.2. The molecule has 0 atom stereocenters. The Balaban J connectivity index is 1.87. The third-order valence-corrected chi connectivity index (χ3v) is 3.97. The van der Waals surface area contributed by atoms with Crippen LogP contribution in [0.5, 0.6) is 0 Å². The van der Waals surface area contributed by atoms with E-state index in [9.17, 15) is 9.59 Å². The second kappa shape index (κ2) is 7.97. The number of carbonyl (C=O) groups excluding carboxylic acids is 2. The van der Waals surface area contributed by atoms with Gasteiger partial charge in [-0.15, -0.1) is 0 Å². The number of piperidine rings is 1. The monoisotopic (exact) mass is 318 g/mol. The van der Waals surface area contributed by atoms with Gasteiger partial charge in [0.05, 0.1) is 0 Å². The molecule has 6 heteroatoms. The Hall–Kier alpha value is -2.08. The summed E-state index contributed by atoms with van der Waals surface area (Å²) in [5.41, 5.74) is 1.35. The summed E-state index contributed by atoms with van der Waals surface area (Å²) in [4.78, 5) is 26.1. The number of rotatable bonds is 4. The first kappa shape index (κ1) is 17.3. The molecule has 1 aliphatic heterocycles. The van der Waals surface area contributed by atoms with Crippen molar-refractivity contribution in [3.05, 3.63) is 24.3 Å². The molecule has 1 aromatic rings. The van der Waals surface area contributed by atoms with Crippen LogP contribution in [0.1, 0.15) is 26.7 Å². The van der Waals surface area contributed by atoms with E-state index in [-0.39, 0.29) is 23.9 Å². The smallest absolute Gasteiger partial charge is 0.319 e. The summed E-state index contributed by atoms with van der Waals surface area (Å²) in [7, 11) is 2.09. The van der Waals surface area contributed by atoms with Crippen LogP contribution in [0.25, 0.3) is 0 Å². The summed E-state index contributed by atoms with van der Waals surface area (Å²) in [5, 5.41) is 8.66. The van der Waals surface area contributed by atoms with Crippen LogP contribution in [0, 0.1) is 5.92 Å². The van der Waals surface area contributed by atoms with Crippen molar-refractivity contribution in [3.8, 4) is 0 Å². The number of hydrogen-bond acceptors (Lipinski definition) is 3. The third kappa shape index (κ3) is 5.56. The van der Waals surface area contributed by atoms with E-state index in [1.54, 1.807) is 24.3 Å². The van der Waals surface area contributed by atoms with Crippen molar-refractivity contribution in [1.29, 1.82) is 0 Å². The summed E-state index contributed by atoms with van der Waals surface area (Å²) in [5.74, 6) is -0.128. The van der Waals surface area contributed by atoms with Gasteiger partial charge in [0.1, 0.15) is 0 Å². The number of likely N-dealkylation sites (tertiary alicyclic amines) is 1. The molecule has 0 spiro atoms. The zero-order valence-electron chi connectivity index (χ0n) is 14.1. The lowest BCUT2D eigenvalue weighted by Crippen LogP contribution is -2.44. The first-order valence-corrected chi connectivity index (χ1v) is 8.11. The average Bonchev–Trinajstić information content (AvgIpc) is 2.49. The standard InChI is InChI=1S/C17H26N4O2/c1-12(2)16(22)18-14-5-4-6-15(11-14)20-17(23)19-13-7-9-21(3)10-8-13/h4-6,11-13H,7-10H2,1-3H3,(H,18,22)(H2,19,20,23). The van der Waals surface area contributed by atoms with E-state index in [1.807, 2.05) is 13.8 Å². The second-order valence-corrected chi connectivity index (χ2v) is 6.40. The minimum Gasteiger partial charge on any atom is -0.335 e. The highest BCUT2D eigenvalue weighted by atomic mass is 16.2. The molecule has 1 aromatic carbocycles. The fourth-order valence-corrected chi connectivity index (χ4v) is 2.47. The maximum Gasteiger partial charge on any atom is 0.319 e. The fourth-order valence-electron chi connectivity index (χ4n) is 2.47. The number of amides is 3. The van der Waals surface area contributed by atoms with E-state index in [1.165, 1.54) is 0 Å². The first-order valence-electron chi connectivity index (χ1n) is 8.11. The van der Waals surface area contributed by atoms with E-state index in [4.69, 9.17) is 0 Å². The molecule has 0 bridgehead atoms. The van der Waals surface area contributed by atoms with E-state index in [0.717, 1.165) is 25.9 Å². The molecule has 0 unspecified atom stereocenters. The van der Waals surface area contributed by atoms with Crippen LogP contribution in [0.4, 0.5) is 16.2 Å². The van der Waals surface area contributed by atoms with Crippen molar-refractivity contribution in [3.63, 3.8) is 0 Å². The van der Waals surface area contributed by atoms with E-state index >= 15 is 0 Å². The Bertz CT molecular complexity index is 551. The fraction of sp³-hybridized carbons (Fsp3) is 0.529. The molecule has 23 heavy (non-hydrogen) atoms. The van der Waals surface area contributed by atoms with Crippen LogP contribution < -0.4 is 16.0 Å². The molecule has 1 aliphatic rings. The highest BCUT2D eigenvalue weighted by molar-refractivity contribution is 5.94. The molecular formula is C17H26N4O2. The predicted molar refractivity (Wildman–Crippen MR) is 92.6 cm³/mol. The lowest BCUT2D eigenvalue weighted by molar-refractivity contribution is -0.118. The zero-order chi connectivity index (χ0) is 16.8. The van der Waals surface area contributed by atoms with Gasteiger partial charge in [-0.25, -0.2) is 4.79 Å². The quantitative estimate of drug-likeness (QED) is 0.798. The number of urea groups is 1. The summed E-state index contributed by atoms with van der Waals surface area (Å²) in [6.45, 7) is 5.68. The average molecular weight is 318 g/mol. The lowest BCUT2D eigenvalue weighted by Gasteiger charge is -2.29. The molecule has 1 fully saturated rings. The van der Waals surface area contributed by atoms with Gasteiger partial charge >= 0.3 is 6.03 Å². The molecule has 0 saturated carbocycles. The van der Waals surface area contributed by atoms with Crippen molar-refractivity contribution in [2.45, 2.75) is 32.7 Å². The van der Waals surface area contributed by atoms with Crippen molar-refractivity contribution in [2.24, 2.45) is 5.92 Å². The molecule has 0 radical (unpaired) electrons. The Kier molecular flexibility index (Phi) is 5.98. The molecule has 2 rings (SSSR count). The number of nitrogens with zero attached hydrogens (tertiary/aromatic N) is 1. The van der Waals surface area contributed by atoms with Crippen LogP contribution in [-0.4, -0.2) is 43.0 Å². The van der Waals surface area contributed by atoms with Crippen molar-refractivity contribution in [1.82, 2.24) is 10.2 Å². The largest absolute Gasteiger partial charge is 0.335 e. The molecular weight excluding hydrogens is 292 g/mol. The number of anilines is 2. The van der Waals surface area contributed by atoms with E-state index in [2.05, 4.69) is 27.9 Å². The van der Waals surface area contributed by atoms with Gasteiger partial charge in [0.25, 0.3) is 0 Å². The lowest BCUT2D eigenvalue weighted by atomic mass is 10.1. The number of hydrogen-bond donors (Lipinski definition) is 3. The van der Waals surface area contributed by atoms with Crippen LogP contribution in [0.3, 0.4) is 0 Å². The van der Waals surface area contributed by atoms with Gasteiger partial charge in [0.2, 0.25) is 5.91 Å². The molecule has 1 heterocycles. The summed E-state index contributed by atoms with van der Waals surface area (Å²) in [6.07, 6.45) is 1.93. The Morgan fingerprint density at radius 3 is 2.35 bits per heavy atom. The van der Waals surface area contributed by atoms with Crippen LogP contribution in [0.2, 0.25) is 0 Å². The van der Waals surface area contributed by atoms with E-state index < -0.39 is 0 Å². The molecule has 1 saturated heterocycles. The maximum atomic E-state index is 12.1. The third-order valence-electron chi connectivity index (χ3n) is 3.97.